The van der Waals surface area contributed by atoms with Gasteiger partial charge in [-0.05, 0) is 19.1 Å². The highest BCUT2D eigenvalue weighted by atomic mass is 16.5. The zero-order valence-electron chi connectivity index (χ0n) is 9.60. The molecule has 0 saturated heterocycles. The van der Waals surface area contributed by atoms with Crippen LogP contribution >= 0.6 is 0 Å². The lowest BCUT2D eigenvalue weighted by Gasteiger charge is -2.27. The Balaban J connectivity index is 2.24. The van der Waals surface area contributed by atoms with Gasteiger partial charge in [-0.3, -0.25) is 0 Å². The normalized spacial score (nSPS) is 13.5. The number of nitrogens with one attached hydrogen (secondary N) is 1. The smallest absolute Gasteiger partial charge is 0.131 e. The van der Waals surface area contributed by atoms with Crippen LogP contribution in [-0.4, -0.2) is 5.71 Å². The highest BCUT2D eigenvalue weighted by Crippen LogP contribution is 2.44. The molecule has 0 fully saturated rings. The molecule has 0 aliphatic carbocycles. The zero-order valence-corrected chi connectivity index (χ0v) is 9.60. The van der Waals surface area contributed by atoms with E-state index in [-0.39, 0.29) is 5.92 Å². The van der Waals surface area contributed by atoms with E-state index in [0.717, 1.165) is 22.6 Å². The van der Waals surface area contributed by atoms with Gasteiger partial charge in [0.2, 0.25) is 0 Å². The summed E-state index contributed by atoms with van der Waals surface area (Å²) in [4.78, 5) is 0. The van der Waals surface area contributed by atoms with Crippen LogP contribution in [0.2, 0.25) is 0 Å². The van der Waals surface area contributed by atoms with Crippen LogP contribution in [-0.2, 0) is 0 Å². The molecule has 1 aliphatic rings. The van der Waals surface area contributed by atoms with Gasteiger partial charge in [0.05, 0.1) is 5.92 Å². The van der Waals surface area contributed by atoms with Crippen LogP contribution in [0.4, 0.5) is 0 Å². The van der Waals surface area contributed by atoms with Crippen molar-refractivity contribution in [1.82, 2.24) is 0 Å². The summed E-state index contributed by atoms with van der Waals surface area (Å²) < 4.78 is 5.86. The van der Waals surface area contributed by atoms with Crippen molar-refractivity contribution in [3.8, 4) is 11.5 Å². The largest absolute Gasteiger partial charge is 0.457 e. The van der Waals surface area contributed by atoms with Gasteiger partial charge in [-0.1, -0.05) is 36.4 Å². The summed E-state index contributed by atoms with van der Waals surface area (Å²) in [5, 5.41) is 7.99. The van der Waals surface area contributed by atoms with Gasteiger partial charge in [0, 0.05) is 16.8 Å². The summed E-state index contributed by atoms with van der Waals surface area (Å²) >= 11 is 0. The number of hydrogen-bond donors (Lipinski definition) is 1. The van der Waals surface area contributed by atoms with Crippen LogP contribution < -0.4 is 4.74 Å². The minimum absolute atomic E-state index is 0.0242. The summed E-state index contributed by atoms with van der Waals surface area (Å²) in [6.07, 6.45) is 0. The van der Waals surface area contributed by atoms with Crippen LogP contribution in [0.15, 0.2) is 48.5 Å². The van der Waals surface area contributed by atoms with Gasteiger partial charge in [0.15, 0.2) is 0 Å². The summed E-state index contributed by atoms with van der Waals surface area (Å²) in [5.74, 6) is 1.75. The first-order valence-electron chi connectivity index (χ1n) is 5.68. The number of hydrogen-bond acceptors (Lipinski definition) is 2. The number of benzene rings is 2. The molecule has 2 aromatic carbocycles. The molecule has 84 valence electrons. The maximum atomic E-state index is 7.99. The molecule has 2 nitrogen and oxygen atoms in total. The van der Waals surface area contributed by atoms with Gasteiger partial charge in [0.25, 0.3) is 0 Å². The minimum atomic E-state index is 0.0242. The summed E-state index contributed by atoms with van der Waals surface area (Å²) in [6, 6.07) is 15.9. The number of fused-ring (bicyclic) bond motifs is 2. The lowest BCUT2D eigenvalue weighted by atomic mass is 9.85. The van der Waals surface area contributed by atoms with E-state index in [0.29, 0.717) is 5.71 Å². The van der Waals surface area contributed by atoms with E-state index in [2.05, 4.69) is 0 Å². The Morgan fingerprint density at radius 2 is 1.41 bits per heavy atom. The second-order valence-electron chi connectivity index (χ2n) is 4.29. The number of ether oxygens (including phenoxy) is 1. The average molecular weight is 223 g/mol. The van der Waals surface area contributed by atoms with Crippen molar-refractivity contribution < 1.29 is 4.74 Å². The van der Waals surface area contributed by atoms with E-state index >= 15 is 0 Å². The summed E-state index contributed by atoms with van der Waals surface area (Å²) in [7, 11) is 0. The molecule has 0 unspecified atom stereocenters. The topological polar surface area (TPSA) is 33.1 Å². The second kappa shape index (κ2) is 3.74. The molecular formula is C15H13NO. The minimum Gasteiger partial charge on any atom is -0.457 e. The summed E-state index contributed by atoms with van der Waals surface area (Å²) in [6.45, 7) is 1.85. The molecule has 0 amide bonds. The fraction of sp³-hybridized carbons (Fsp3) is 0.133. The molecule has 0 saturated carbocycles. The maximum absolute atomic E-state index is 7.99. The van der Waals surface area contributed by atoms with Gasteiger partial charge in [-0.15, -0.1) is 0 Å². The molecule has 1 aliphatic heterocycles. The van der Waals surface area contributed by atoms with Gasteiger partial charge >= 0.3 is 0 Å². The fourth-order valence-corrected chi connectivity index (χ4v) is 2.38. The van der Waals surface area contributed by atoms with Crippen molar-refractivity contribution in [2.24, 2.45) is 0 Å². The Kier molecular flexibility index (Phi) is 2.22. The number of para-hydroxylation sites is 2. The summed E-state index contributed by atoms with van der Waals surface area (Å²) in [5.41, 5.74) is 2.81. The third-order valence-corrected chi connectivity index (χ3v) is 3.11. The third-order valence-electron chi connectivity index (χ3n) is 3.11. The van der Waals surface area contributed by atoms with Crippen LogP contribution in [0.25, 0.3) is 0 Å². The van der Waals surface area contributed by atoms with Crippen LogP contribution in [0.3, 0.4) is 0 Å². The number of rotatable bonds is 1. The van der Waals surface area contributed by atoms with E-state index in [9.17, 15) is 0 Å². The Labute approximate surface area is 100 Å². The van der Waals surface area contributed by atoms with Gasteiger partial charge in [-0.2, -0.15) is 0 Å². The predicted octanol–water partition coefficient (Wildman–Crippen LogP) is 3.96. The third kappa shape index (κ3) is 1.53. The average Bonchev–Trinajstić information content (AvgIpc) is 2.35. The first kappa shape index (κ1) is 10.1. The monoisotopic (exact) mass is 223 g/mol. The van der Waals surface area contributed by atoms with E-state index in [1.165, 1.54) is 0 Å². The van der Waals surface area contributed by atoms with Crippen molar-refractivity contribution in [2.75, 3.05) is 0 Å². The molecule has 2 aromatic rings. The second-order valence-corrected chi connectivity index (χ2v) is 4.29. The first-order valence-corrected chi connectivity index (χ1v) is 5.68. The lowest BCUT2D eigenvalue weighted by molar-refractivity contribution is 0.456. The van der Waals surface area contributed by atoms with Crippen molar-refractivity contribution in [2.45, 2.75) is 12.8 Å². The van der Waals surface area contributed by atoms with Crippen molar-refractivity contribution >= 4 is 5.71 Å². The predicted molar refractivity (Wildman–Crippen MR) is 68.2 cm³/mol. The van der Waals surface area contributed by atoms with E-state index in [1.807, 2.05) is 55.5 Å². The molecule has 0 spiro atoms. The Hall–Kier alpha value is -2.09. The molecule has 1 N–H and O–H groups in total. The fourth-order valence-electron chi connectivity index (χ4n) is 2.38. The van der Waals surface area contributed by atoms with E-state index in [1.54, 1.807) is 0 Å². The molecule has 3 rings (SSSR count). The van der Waals surface area contributed by atoms with Gasteiger partial charge < -0.3 is 10.1 Å². The van der Waals surface area contributed by atoms with E-state index < -0.39 is 0 Å². The van der Waals surface area contributed by atoms with Gasteiger partial charge in [-0.25, -0.2) is 0 Å². The first-order chi connectivity index (χ1) is 8.27. The highest BCUT2D eigenvalue weighted by Gasteiger charge is 2.27. The maximum Gasteiger partial charge on any atom is 0.131 e. The molecule has 0 bridgehead atoms. The van der Waals surface area contributed by atoms with Gasteiger partial charge in [0.1, 0.15) is 11.5 Å². The molecular weight excluding hydrogens is 210 g/mol. The molecule has 0 aromatic heterocycles. The molecule has 0 radical (unpaired) electrons. The Bertz CT molecular complexity index is 543. The van der Waals surface area contributed by atoms with E-state index in [4.69, 9.17) is 10.1 Å². The Morgan fingerprint density at radius 3 is 1.88 bits per heavy atom. The highest BCUT2D eigenvalue weighted by molar-refractivity contribution is 5.91. The SMILES string of the molecule is CC(=N)C1c2ccccc2Oc2ccccc21. The molecule has 0 atom stereocenters. The lowest BCUT2D eigenvalue weighted by Crippen LogP contribution is -2.15. The molecule has 1 heterocycles. The van der Waals surface area contributed by atoms with Crippen LogP contribution in [0, 0.1) is 5.41 Å². The van der Waals surface area contributed by atoms with Crippen molar-refractivity contribution in [3.05, 3.63) is 59.7 Å². The van der Waals surface area contributed by atoms with Crippen LogP contribution in [0.1, 0.15) is 24.0 Å². The van der Waals surface area contributed by atoms with Crippen molar-refractivity contribution in [3.63, 3.8) is 0 Å². The zero-order chi connectivity index (χ0) is 11.8. The Morgan fingerprint density at radius 1 is 0.941 bits per heavy atom. The molecule has 17 heavy (non-hydrogen) atoms. The molecule has 2 heteroatoms. The standard InChI is InChI=1S/C15H13NO/c1-10(16)15-11-6-2-4-8-13(11)17-14-9-5-3-7-12(14)15/h2-9,15-16H,1H3. The quantitative estimate of drug-likeness (QED) is 0.729. The van der Waals surface area contributed by atoms with Crippen molar-refractivity contribution in [1.29, 1.82) is 5.41 Å². The van der Waals surface area contributed by atoms with Crippen LogP contribution in [0.5, 0.6) is 11.5 Å².